The average Bonchev–Trinajstić information content (AvgIpc) is 2.85. The first-order valence-electron chi connectivity index (χ1n) is 8.19. The molecule has 3 aliphatic rings. The SMILES string of the molecule is Cc1nc2ccccc2n1CCN[C@@H]1CN2CCC1CC2. The Morgan fingerprint density at radius 3 is 2.81 bits per heavy atom. The Hall–Kier alpha value is -1.39. The molecule has 1 aromatic carbocycles. The summed E-state index contributed by atoms with van der Waals surface area (Å²) < 4.78 is 2.34. The largest absolute Gasteiger partial charge is 0.327 e. The first-order valence-corrected chi connectivity index (χ1v) is 8.19. The number of hydrogen-bond acceptors (Lipinski definition) is 3. The van der Waals surface area contributed by atoms with E-state index in [0.717, 1.165) is 30.3 Å². The Labute approximate surface area is 126 Å². The van der Waals surface area contributed by atoms with Crippen LogP contribution in [0.4, 0.5) is 0 Å². The van der Waals surface area contributed by atoms with Gasteiger partial charge in [0.2, 0.25) is 0 Å². The lowest BCUT2D eigenvalue weighted by molar-refractivity contribution is 0.0725. The molecule has 0 saturated carbocycles. The van der Waals surface area contributed by atoms with Crippen molar-refractivity contribution in [3.05, 3.63) is 30.1 Å². The number of hydrogen-bond donors (Lipinski definition) is 1. The van der Waals surface area contributed by atoms with Crippen LogP contribution in [-0.4, -0.2) is 46.7 Å². The second-order valence-electron chi connectivity index (χ2n) is 6.50. The quantitative estimate of drug-likeness (QED) is 0.932. The molecule has 1 aromatic heterocycles. The minimum absolute atomic E-state index is 0.697. The number of fused-ring (bicyclic) bond motifs is 4. The summed E-state index contributed by atoms with van der Waals surface area (Å²) in [4.78, 5) is 7.25. The number of nitrogens with zero attached hydrogens (tertiary/aromatic N) is 3. The molecule has 0 spiro atoms. The number of imidazole rings is 1. The van der Waals surface area contributed by atoms with Crippen molar-refractivity contribution < 1.29 is 0 Å². The van der Waals surface area contributed by atoms with Crippen molar-refractivity contribution >= 4 is 11.0 Å². The van der Waals surface area contributed by atoms with Crippen LogP contribution in [0.2, 0.25) is 0 Å². The number of nitrogens with one attached hydrogen (secondary N) is 1. The van der Waals surface area contributed by atoms with E-state index in [1.54, 1.807) is 0 Å². The van der Waals surface area contributed by atoms with Crippen molar-refractivity contribution in [3.8, 4) is 0 Å². The van der Waals surface area contributed by atoms with Gasteiger partial charge < -0.3 is 14.8 Å². The minimum Gasteiger partial charge on any atom is -0.327 e. The van der Waals surface area contributed by atoms with Crippen LogP contribution in [-0.2, 0) is 6.54 Å². The van der Waals surface area contributed by atoms with E-state index in [1.807, 2.05) is 0 Å². The van der Waals surface area contributed by atoms with Gasteiger partial charge in [-0.2, -0.15) is 0 Å². The molecule has 21 heavy (non-hydrogen) atoms. The van der Waals surface area contributed by atoms with Crippen LogP contribution in [0.1, 0.15) is 18.7 Å². The molecule has 0 radical (unpaired) electrons. The smallest absolute Gasteiger partial charge is 0.106 e. The maximum atomic E-state index is 4.64. The molecule has 3 aliphatic heterocycles. The van der Waals surface area contributed by atoms with Gasteiger partial charge in [0.05, 0.1) is 11.0 Å². The van der Waals surface area contributed by atoms with Crippen LogP contribution in [0.3, 0.4) is 0 Å². The molecule has 1 N–H and O–H groups in total. The van der Waals surface area contributed by atoms with Gasteiger partial charge >= 0.3 is 0 Å². The maximum Gasteiger partial charge on any atom is 0.106 e. The molecule has 2 bridgehead atoms. The van der Waals surface area contributed by atoms with E-state index >= 15 is 0 Å². The first-order chi connectivity index (χ1) is 10.3. The summed E-state index contributed by atoms with van der Waals surface area (Å²) in [6.07, 6.45) is 2.76. The third kappa shape index (κ3) is 2.47. The second kappa shape index (κ2) is 5.43. The Balaban J connectivity index is 1.41. The van der Waals surface area contributed by atoms with Gasteiger partial charge in [0.1, 0.15) is 5.82 Å². The highest BCUT2D eigenvalue weighted by Crippen LogP contribution is 2.27. The van der Waals surface area contributed by atoms with Crippen molar-refractivity contribution in [2.24, 2.45) is 5.92 Å². The molecule has 3 saturated heterocycles. The first kappa shape index (κ1) is 13.3. The Kier molecular flexibility index (Phi) is 3.43. The van der Waals surface area contributed by atoms with Crippen molar-refractivity contribution in [2.75, 3.05) is 26.2 Å². The fourth-order valence-electron chi connectivity index (χ4n) is 4.04. The van der Waals surface area contributed by atoms with Crippen molar-refractivity contribution in [2.45, 2.75) is 32.4 Å². The lowest BCUT2D eigenvalue weighted by Crippen LogP contribution is -2.56. The lowest BCUT2D eigenvalue weighted by Gasteiger charge is -2.45. The van der Waals surface area contributed by atoms with E-state index < -0.39 is 0 Å². The Morgan fingerprint density at radius 2 is 2.05 bits per heavy atom. The van der Waals surface area contributed by atoms with Gasteiger partial charge in [0.25, 0.3) is 0 Å². The molecule has 4 heterocycles. The van der Waals surface area contributed by atoms with Gasteiger partial charge in [-0.1, -0.05) is 12.1 Å². The highest BCUT2D eigenvalue weighted by atomic mass is 15.2. The molecule has 0 amide bonds. The summed E-state index contributed by atoms with van der Waals surface area (Å²) in [6, 6.07) is 9.12. The summed E-state index contributed by atoms with van der Waals surface area (Å²) in [7, 11) is 0. The summed E-state index contributed by atoms with van der Waals surface area (Å²) in [6.45, 7) is 8.02. The second-order valence-corrected chi connectivity index (χ2v) is 6.50. The molecule has 1 atom stereocenters. The van der Waals surface area contributed by atoms with Crippen molar-refractivity contribution in [1.82, 2.24) is 19.8 Å². The standard InChI is InChI=1S/C17H24N4/c1-13-19-15-4-2-3-5-17(15)21(13)11-8-18-16-12-20-9-6-14(16)7-10-20/h2-5,14,16,18H,6-12H2,1H3/t16-/m1/s1. The molecule has 2 aromatic rings. The van der Waals surface area contributed by atoms with Crippen molar-refractivity contribution in [1.29, 1.82) is 0 Å². The van der Waals surface area contributed by atoms with Gasteiger partial charge in [0, 0.05) is 25.7 Å². The third-order valence-corrected chi connectivity index (χ3v) is 5.24. The van der Waals surface area contributed by atoms with Gasteiger partial charge in [0.15, 0.2) is 0 Å². The van der Waals surface area contributed by atoms with E-state index in [-0.39, 0.29) is 0 Å². The topological polar surface area (TPSA) is 33.1 Å². The average molecular weight is 284 g/mol. The predicted molar refractivity (Wildman–Crippen MR) is 85.4 cm³/mol. The number of aromatic nitrogens is 2. The van der Waals surface area contributed by atoms with E-state index in [4.69, 9.17) is 0 Å². The number of benzene rings is 1. The number of rotatable bonds is 4. The van der Waals surface area contributed by atoms with Crippen LogP contribution in [0.25, 0.3) is 11.0 Å². The van der Waals surface area contributed by atoms with Crippen molar-refractivity contribution in [3.63, 3.8) is 0 Å². The molecule has 112 valence electrons. The van der Waals surface area contributed by atoms with Gasteiger partial charge in [-0.05, 0) is 50.9 Å². The maximum absolute atomic E-state index is 4.64. The van der Waals surface area contributed by atoms with Gasteiger partial charge in [-0.15, -0.1) is 0 Å². The summed E-state index contributed by atoms with van der Waals surface area (Å²) in [5.74, 6) is 2.02. The summed E-state index contributed by atoms with van der Waals surface area (Å²) in [5, 5.41) is 3.79. The number of piperidine rings is 3. The normalized spacial score (nSPS) is 28.3. The van der Waals surface area contributed by atoms with Gasteiger partial charge in [-0.3, -0.25) is 0 Å². The monoisotopic (exact) mass is 284 g/mol. The van der Waals surface area contributed by atoms with Crippen LogP contribution in [0.15, 0.2) is 24.3 Å². The highest BCUT2D eigenvalue weighted by molar-refractivity contribution is 5.75. The van der Waals surface area contributed by atoms with E-state index in [0.29, 0.717) is 6.04 Å². The van der Waals surface area contributed by atoms with Crippen LogP contribution >= 0.6 is 0 Å². The molecule has 0 aliphatic carbocycles. The zero-order chi connectivity index (χ0) is 14.2. The molecule has 5 rings (SSSR count). The Morgan fingerprint density at radius 1 is 1.24 bits per heavy atom. The summed E-state index contributed by atoms with van der Waals surface area (Å²) >= 11 is 0. The lowest BCUT2D eigenvalue weighted by atomic mass is 9.84. The molecule has 0 unspecified atom stereocenters. The van der Waals surface area contributed by atoms with Crippen LogP contribution < -0.4 is 5.32 Å². The van der Waals surface area contributed by atoms with Gasteiger partial charge in [-0.25, -0.2) is 4.98 Å². The fraction of sp³-hybridized carbons (Fsp3) is 0.588. The zero-order valence-corrected chi connectivity index (χ0v) is 12.8. The Bertz CT molecular complexity index is 625. The third-order valence-electron chi connectivity index (χ3n) is 5.24. The van der Waals surface area contributed by atoms with Crippen LogP contribution in [0, 0.1) is 12.8 Å². The molecule has 3 fully saturated rings. The van der Waals surface area contributed by atoms with E-state index in [2.05, 4.69) is 51.0 Å². The predicted octanol–water partition coefficient (Wildman–Crippen LogP) is 2.03. The fourth-order valence-corrected chi connectivity index (χ4v) is 4.04. The highest BCUT2D eigenvalue weighted by Gasteiger charge is 2.33. The number of aryl methyl sites for hydroxylation is 1. The van der Waals surface area contributed by atoms with E-state index in [1.165, 1.54) is 38.0 Å². The minimum atomic E-state index is 0.697. The summed E-state index contributed by atoms with van der Waals surface area (Å²) in [5.41, 5.74) is 2.36. The molecule has 4 heteroatoms. The van der Waals surface area contributed by atoms with E-state index in [9.17, 15) is 0 Å². The molecular formula is C17H24N4. The zero-order valence-electron chi connectivity index (χ0n) is 12.8. The number of para-hydroxylation sites is 2. The molecular weight excluding hydrogens is 260 g/mol. The molecule has 4 nitrogen and oxygen atoms in total. The van der Waals surface area contributed by atoms with Crippen LogP contribution in [0.5, 0.6) is 0 Å².